The topological polar surface area (TPSA) is 79.8 Å². The molecular formula is C15H17N5O. The fourth-order valence-electron chi connectivity index (χ4n) is 1.36. The molecule has 1 saturated carbocycles. The Kier molecular flexibility index (Phi) is 5.04. The molecule has 1 aliphatic carbocycles. The zero-order valence-electron chi connectivity index (χ0n) is 11.9. The van der Waals surface area contributed by atoms with Gasteiger partial charge in [-0.3, -0.25) is 5.32 Å². The number of hydrogen-bond acceptors (Lipinski definition) is 4. The molecule has 2 aromatic rings. The number of carbonyl (C=O) groups excluding carboxylic acids is 1. The summed E-state index contributed by atoms with van der Waals surface area (Å²) < 4.78 is 0. The fourth-order valence-corrected chi connectivity index (χ4v) is 1.36. The second-order valence-electron chi connectivity index (χ2n) is 4.48. The number of anilines is 1. The monoisotopic (exact) mass is 283 g/mol. The van der Waals surface area contributed by atoms with Gasteiger partial charge in [0.25, 0.3) is 0 Å². The maximum absolute atomic E-state index is 11.3. The van der Waals surface area contributed by atoms with Gasteiger partial charge in [0.05, 0.1) is 6.20 Å². The first-order valence-electron chi connectivity index (χ1n) is 6.88. The Morgan fingerprint density at radius 3 is 2.71 bits per heavy atom. The summed E-state index contributed by atoms with van der Waals surface area (Å²) in [6.07, 6.45) is 11.2. The van der Waals surface area contributed by atoms with Crippen LogP contribution in [-0.4, -0.2) is 27.5 Å². The van der Waals surface area contributed by atoms with Crippen molar-refractivity contribution in [2.45, 2.75) is 26.2 Å². The third-order valence-electron chi connectivity index (χ3n) is 2.48. The molecule has 0 spiro atoms. The van der Waals surface area contributed by atoms with Crippen molar-refractivity contribution in [2.24, 2.45) is 0 Å². The number of rotatable bonds is 2. The smallest absolute Gasteiger partial charge is 0.320 e. The lowest BCUT2D eigenvalue weighted by molar-refractivity contribution is 0.252. The van der Waals surface area contributed by atoms with Gasteiger partial charge in [-0.1, -0.05) is 19.3 Å². The standard InChI is InChI=1S/C12H11N5O.C3H6/c1-3-8-7-14-11-9(15-8)5-6-10(16-11)17-12(18)13-4-2;1-2-3-1/h1,5-7H,4H2,2H3,(H2,13,14,16,17,18);1-3H2. The Labute approximate surface area is 123 Å². The van der Waals surface area contributed by atoms with E-state index in [9.17, 15) is 4.79 Å². The number of fused-ring (bicyclic) bond motifs is 1. The van der Waals surface area contributed by atoms with Crippen LogP contribution in [0.3, 0.4) is 0 Å². The van der Waals surface area contributed by atoms with Gasteiger partial charge >= 0.3 is 6.03 Å². The molecule has 3 rings (SSSR count). The largest absolute Gasteiger partial charge is 0.338 e. The molecule has 21 heavy (non-hydrogen) atoms. The molecule has 108 valence electrons. The molecule has 1 aliphatic rings. The molecule has 6 heteroatoms. The maximum Gasteiger partial charge on any atom is 0.320 e. The summed E-state index contributed by atoms with van der Waals surface area (Å²) >= 11 is 0. The van der Waals surface area contributed by atoms with Gasteiger partial charge in [0.15, 0.2) is 5.65 Å². The van der Waals surface area contributed by atoms with Gasteiger partial charge in [-0.2, -0.15) is 0 Å². The molecule has 2 aromatic heterocycles. The number of nitrogens with zero attached hydrogens (tertiary/aromatic N) is 3. The number of amides is 2. The quantitative estimate of drug-likeness (QED) is 0.829. The van der Waals surface area contributed by atoms with Crippen molar-refractivity contribution in [1.82, 2.24) is 20.3 Å². The van der Waals surface area contributed by atoms with E-state index in [1.54, 1.807) is 12.1 Å². The number of nitrogens with one attached hydrogen (secondary N) is 2. The second kappa shape index (κ2) is 7.20. The van der Waals surface area contributed by atoms with E-state index in [4.69, 9.17) is 6.42 Å². The van der Waals surface area contributed by atoms with Crippen LogP contribution >= 0.6 is 0 Å². The Bertz CT molecular complexity index is 673. The minimum absolute atomic E-state index is 0.308. The molecule has 2 amide bonds. The van der Waals surface area contributed by atoms with Gasteiger partial charge in [-0.05, 0) is 25.0 Å². The molecule has 0 bridgehead atoms. The number of hydrogen-bond donors (Lipinski definition) is 2. The van der Waals surface area contributed by atoms with Gasteiger partial charge in [0.2, 0.25) is 0 Å². The SMILES string of the molecule is C#Cc1cnc2nc(NC(=O)NCC)ccc2n1.C1CC1. The van der Waals surface area contributed by atoms with Crippen LogP contribution in [0.25, 0.3) is 11.2 Å². The van der Waals surface area contributed by atoms with E-state index in [1.165, 1.54) is 25.5 Å². The minimum atomic E-state index is -0.308. The number of carbonyl (C=O) groups is 1. The molecule has 0 aliphatic heterocycles. The molecule has 0 atom stereocenters. The summed E-state index contributed by atoms with van der Waals surface area (Å²) in [5.74, 6) is 2.81. The van der Waals surface area contributed by atoms with Gasteiger partial charge < -0.3 is 5.32 Å². The first kappa shape index (κ1) is 14.7. The molecule has 1 fully saturated rings. The first-order chi connectivity index (χ1) is 10.2. The van der Waals surface area contributed by atoms with Crippen molar-refractivity contribution in [1.29, 1.82) is 0 Å². The lowest BCUT2D eigenvalue weighted by atomic mass is 10.3. The number of terminal acetylenes is 1. The predicted molar refractivity (Wildman–Crippen MR) is 81.8 cm³/mol. The van der Waals surface area contributed by atoms with Gasteiger partial charge in [0, 0.05) is 6.54 Å². The molecule has 0 radical (unpaired) electrons. The summed E-state index contributed by atoms with van der Waals surface area (Å²) in [5, 5.41) is 5.20. The highest BCUT2D eigenvalue weighted by molar-refractivity contribution is 5.89. The second-order valence-corrected chi connectivity index (χ2v) is 4.48. The van der Waals surface area contributed by atoms with E-state index in [0.29, 0.717) is 29.2 Å². The van der Waals surface area contributed by atoms with Crippen LogP contribution < -0.4 is 10.6 Å². The minimum Gasteiger partial charge on any atom is -0.338 e. The lowest BCUT2D eigenvalue weighted by Crippen LogP contribution is -2.28. The van der Waals surface area contributed by atoms with Gasteiger partial charge in [-0.15, -0.1) is 6.42 Å². The maximum atomic E-state index is 11.3. The Hall–Kier alpha value is -2.68. The third kappa shape index (κ3) is 4.73. The lowest BCUT2D eigenvalue weighted by Gasteiger charge is -2.05. The Morgan fingerprint density at radius 2 is 2.10 bits per heavy atom. The molecular weight excluding hydrogens is 266 g/mol. The van der Waals surface area contributed by atoms with Crippen LogP contribution in [0, 0.1) is 12.3 Å². The molecule has 2 heterocycles. The van der Waals surface area contributed by atoms with E-state index in [2.05, 4.69) is 31.5 Å². The zero-order chi connectivity index (χ0) is 15.1. The van der Waals surface area contributed by atoms with Crippen LogP contribution in [0.15, 0.2) is 18.3 Å². The Balaban J connectivity index is 0.000000477. The van der Waals surface area contributed by atoms with E-state index in [-0.39, 0.29) is 6.03 Å². The normalized spacial score (nSPS) is 11.8. The molecule has 0 saturated heterocycles. The van der Waals surface area contributed by atoms with Crippen molar-refractivity contribution < 1.29 is 4.79 Å². The summed E-state index contributed by atoms with van der Waals surface area (Å²) in [5.41, 5.74) is 1.48. The van der Waals surface area contributed by atoms with Gasteiger partial charge in [-0.25, -0.2) is 19.7 Å². The summed E-state index contributed by atoms with van der Waals surface area (Å²) in [6, 6.07) is 3.04. The van der Waals surface area contributed by atoms with Crippen molar-refractivity contribution in [2.75, 3.05) is 11.9 Å². The molecule has 2 N–H and O–H groups in total. The Morgan fingerprint density at radius 1 is 1.33 bits per heavy atom. The van der Waals surface area contributed by atoms with Crippen LogP contribution in [-0.2, 0) is 0 Å². The van der Waals surface area contributed by atoms with E-state index in [1.807, 2.05) is 6.92 Å². The summed E-state index contributed by atoms with van der Waals surface area (Å²) in [6.45, 7) is 2.38. The number of aromatic nitrogens is 3. The van der Waals surface area contributed by atoms with Crippen LogP contribution in [0.4, 0.5) is 10.6 Å². The van der Waals surface area contributed by atoms with Crippen molar-refractivity contribution in [3.05, 3.63) is 24.0 Å². The van der Waals surface area contributed by atoms with Crippen molar-refractivity contribution >= 4 is 23.0 Å². The van der Waals surface area contributed by atoms with Crippen molar-refractivity contribution in [3.63, 3.8) is 0 Å². The number of pyridine rings is 1. The summed E-state index contributed by atoms with van der Waals surface area (Å²) in [7, 11) is 0. The van der Waals surface area contributed by atoms with Crippen molar-refractivity contribution in [3.8, 4) is 12.3 Å². The van der Waals surface area contributed by atoms with Crippen LogP contribution in [0.1, 0.15) is 31.9 Å². The van der Waals surface area contributed by atoms with Gasteiger partial charge in [0.1, 0.15) is 17.0 Å². The predicted octanol–water partition coefficient (Wildman–Crippen LogP) is 2.32. The van der Waals surface area contributed by atoms with Crippen LogP contribution in [0.5, 0.6) is 0 Å². The van der Waals surface area contributed by atoms with E-state index in [0.717, 1.165) is 0 Å². The first-order valence-corrected chi connectivity index (χ1v) is 6.88. The molecule has 0 aromatic carbocycles. The number of urea groups is 1. The zero-order valence-corrected chi connectivity index (χ0v) is 11.9. The molecule has 0 unspecified atom stereocenters. The third-order valence-corrected chi connectivity index (χ3v) is 2.48. The van der Waals surface area contributed by atoms with E-state index < -0.39 is 0 Å². The highest BCUT2D eigenvalue weighted by Crippen LogP contribution is 2.15. The van der Waals surface area contributed by atoms with Crippen LogP contribution in [0.2, 0.25) is 0 Å². The molecule has 6 nitrogen and oxygen atoms in total. The summed E-state index contributed by atoms with van der Waals surface area (Å²) in [4.78, 5) is 23.7. The fraction of sp³-hybridized carbons (Fsp3) is 0.333. The highest BCUT2D eigenvalue weighted by atomic mass is 16.2. The average Bonchev–Trinajstić information content (AvgIpc) is 3.35. The van der Waals surface area contributed by atoms with E-state index >= 15 is 0 Å². The average molecular weight is 283 g/mol. The highest BCUT2D eigenvalue weighted by Gasteiger charge is 2.04.